The van der Waals surface area contributed by atoms with E-state index in [4.69, 9.17) is 15.6 Å². The van der Waals surface area contributed by atoms with Crippen molar-refractivity contribution in [1.29, 1.82) is 0 Å². The summed E-state index contributed by atoms with van der Waals surface area (Å²) in [6.45, 7) is 0. The van der Waals surface area contributed by atoms with Crippen LogP contribution in [-0.4, -0.2) is 11.2 Å². The molecule has 0 unspecified atom stereocenters. The monoisotopic (exact) mass is 269 g/mol. The molecule has 0 spiro atoms. The van der Waals surface area contributed by atoms with E-state index in [9.17, 15) is 0 Å². The molecule has 4 nitrogen and oxygen atoms in total. The number of nitrogens with one attached hydrogen (secondary N) is 1. The number of hydrogen-bond donors (Lipinski definition) is 1. The minimum atomic E-state index is -1.58. The van der Waals surface area contributed by atoms with E-state index in [2.05, 4.69) is 0 Å². The summed E-state index contributed by atoms with van der Waals surface area (Å²) in [5.74, 6) is 0. The average molecular weight is 268 g/mol. The fourth-order valence-corrected chi connectivity index (χ4v) is 0. The fourth-order valence-electron chi connectivity index (χ4n) is 0. The molecule has 4 N–H and O–H groups in total. The van der Waals surface area contributed by atoms with Crippen molar-refractivity contribution < 1.29 is 30.0 Å². The topological polar surface area (TPSA) is 94.6 Å². The second kappa shape index (κ2) is 8.86. The second-order valence-electron chi connectivity index (χ2n) is 0.305. The van der Waals surface area contributed by atoms with Crippen LogP contribution in [0.25, 0.3) is 11.9 Å². The molecule has 0 rings (SSSR count). The smallest absolute Gasteiger partial charge is 0.224 e. The van der Waals surface area contributed by atoms with E-state index >= 15 is 0 Å². The molecular weight excluding hydrogens is 264 g/mol. The third kappa shape index (κ3) is 2210. The Morgan fingerprint density at radius 2 is 1.67 bits per heavy atom. The molecule has 5 heteroatoms. The first-order valence-corrected chi connectivity index (χ1v) is 0.678. The summed E-state index contributed by atoms with van der Waals surface area (Å²) >= 11 is 0. The maximum Gasteiger partial charge on any atom is 0.224 e. The Morgan fingerprint density at radius 1 is 1.67 bits per heavy atom. The van der Waals surface area contributed by atoms with E-state index in [1.54, 1.807) is 0 Å². The van der Waals surface area contributed by atoms with Crippen LogP contribution in [0.5, 0.6) is 0 Å². The Morgan fingerprint density at radius 3 is 1.67 bits per heavy atom. The molecule has 0 fully saturated rings. The third-order valence-electron chi connectivity index (χ3n) is 0. The molecule has 6 heavy (non-hydrogen) atoms. The van der Waals surface area contributed by atoms with E-state index in [1.165, 1.54) is 0 Å². The molecule has 1 radical (unpaired) electrons. The minimum absolute atomic E-state index is 0. The molecule has 0 aromatic carbocycles. The van der Waals surface area contributed by atoms with Crippen LogP contribution in [0.4, 0.5) is 4.79 Å². The molecule has 0 aromatic rings. The molecule has 1 amide bonds. The van der Waals surface area contributed by atoms with Gasteiger partial charge in [0.15, 0.2) is 0 Å². The molecule has 0 aromatic heterocycles. The Hall–Kier alpha value is -0.121. The Balaban J connectivity index is -0.0000000450. The fraction of sp³-hybridized carbons (Fsp3) is 0. The van der Waals surface area contributed by atoms with Crippen LogP contribution in [0.15, 0.2) is 0 Å². The van der Waals surface area contributed by atoms with Crippen LogP contribution in [-0.2, 0) is 20.1 Å². The zero-order chi connectivity index (χ0) is 3.58. The molecule has 0 atom stereocenters. The van der Waals surface area contributed by atoms with Crippen molar-refractivity contribution in [1.82, 2.24) is 0 Å². The summed E-state index contributed by atoms with van der Waals surface area (Å²) in [6.07, 6.45) is -1.58. The van der Waals surface area contributed by atoms with Crippen molar-refractivity contribution in [3.63, 3.8) is 0 Å². The second-order valence-corrected chi connectivity index (χ2v) is 0.305. The van der Waals surface area contributed by atoms with Gasteiger partial charge >= 0.3 is 0 Å². The SMILES string of the molecule is [Ir].[NH-]C(=O)O.[NH2-]. The first-order valence-electron chi connectivity index (χ1n) is 0.678. The van der Waals surface area contributed by atoms with Gasteiger partial charge in [0, 0.05) is 20.1 Å². The minimum Gasteiger partial charge on any atom is -0.693 e. The zero-order valence-electron chi connectivity index (χ0n) is 2.77. The maximum absolute atomic E-state index is 8.67. The number of carboxylic acid groups (broad SMARTS) is 1. The number of rotatable bonds is 0. The van der Waals surface area contributed by atoms with Gasteiger partial charge in [0.2, 0.25) is 6.09 Å². The molecule has 0 bridgehead atoms. The molecule has 0 aliphatic carbocycles. The van der Waals surface area contributed by atoms with Gasteiger partial charge in [-0.2, -0.15) is 0 Å². The van der Waals surface area contributed by atoms with Crippen molar-refractivity contribution in [3.05, 3.63) is 11.9 Å². The van der Waals surface area contributed by atoms with Gasteiger partial charge in [-0.3, -0.25) is 4.79 Å². The number of carbonyl (C=O) groups is 1. The van der Waals surface area contributed by atoms with Crippen molar-refractivity contribution in [2.75, 3.05) is 0 Å². The van der Waals surface area contributed by atoms with E-state index in [1.807, 2.05) is 0 Å². The van der Waals surface area contributed by atoms with Gasteiger partial charge in [0.1, 0.15) is 0 Å². The van der Waals surface area contributed by atoms with Crippen LogP contribution >= 0.6 is 0 Å². The first kappa shape index (κ1) is 16.9. The molecule has 0 aliphatic heterocycles. The Kier molecular flexibility index (Phi) is 24.9. The summed E-state index contributed by atoms with van der Waals surface area (Å²) in [5.41, 5.74) is 5.50. The van der Waals surface area contributed by atoms with Crippen molar-refractivity contribution in [2.45, 2.75) is 0 Å². The maximum atomic E-state index is 8.67. The largest absolute Gasteiger partial charge is 0.693 e. The molecular formula is CH4IrN2O2-2. The molecule has 0 saturated heterocycles. The van der Waals surface area contributed by atoms with E-state index < -0.39 is 6.09 Å². The summed E-state index contributed by atoms with van der Waals surface area (Å²) in [7, 11) is 0. The van der Waals surface area contributed by atoms with Crippen LogP contribution in [0, 0.1) is 0 Å². The van der Waals surface area contributed by atoms with Crippen LogP contribution < -0.4 is 0 Å². The molecule has 41 valence electrons. The van der Waals surface area contributed by atoms with Gasteiger partial charge in [0.05, 0.1) is 0 Å². The van der Waals surface area contributed by atoms with Gasteiger partial charge < -0.3 is 17.0 Å². The molecule has 0 heterocycles. The van der Waals surface area contributed by atoms with E-state index in [0.717, 1.165) is 0 Å². The van der Waals surface area contributed by atoms with Crippen molar-refractivity contribution in [2.24, 2.45) is 0 Å². The molecule has 0 aliphatic rings. The predicted octanol–water partition coefficient (Wildman–Crippen LogP) is 1.43. The number of hydrogen-bond acceptors (Lipinski definition) is 1. The zero-order valence-corrected chi connectivity index (χ0v) is 5.16. The normalized spacial score (nSPS) is 4.00. The van der Waals surface area contributed by atoms with Crippen molar-refractivity contribution in [3.8, 4) is 0 Å². The number of nitrogens with two attached hydrogens (primary N) is 1. The van der Waals surface area contributed by atoms with Crippen LogP contribution in [0.2, 0.25) is 0 Å². The standard InChI is InChI=1S/CH2NO2.Ir.H2N/c2-1(3)4;;/h2H,(H,3,4);;1H2/q-1;;-1. The van der Waals surface area contributed by atoms with Gasteiger partial charge in [-0.05, 0) is 0 Å². The Bertz CT molecular complexity index is 34.5. The van der Waals surface area contributed by atoms with Gasteiger partial charge in [-0.25, -0.2) is 0 Å². The predicted molar refractivity (Wildman–Crippen MR) is 17.6 cm³/mol. The van der Waals surface area contributed by atoms with Gasteiger partial charge in [-0.1, -0.05) is 0 Å². The third-order valence-corrected chi connectivity index (χ3v) is 0. The van der Waals surface area contributed by atoms with Gasteiger partial charge in [-0.15, -0.1) is 0 Å². The Labute approximate surface area is 48.6 Å². The van der Waals surface area contributed by atoms with Crippen LogP contribution in [0.3, 0.4) is 0 Å². The summed E-state index contributed by atoms with van der Waals surface area (Å²) in [4.78, 5) is 8.67. The van der Waals surface area contributed by atoms with Crippen molar-refractivity contribution >= 4 is 6.09 Å². The van der Waals surface area contributed by atoms with E-state index in [0.29, 0.717) is 0 Å². The van der Waals surface area contributed by atoms with Crippen LogP contribution in [0.1, 0.15) is 0 Å². The van der Waals surface area contributed by atoms with E-state index in [-0.39, 0.29) is 26.3 Å². The molecule has 0 saturated carbocycles. The number of amides is 1. The summed E-state index contributed by atoms with van der Waals surface area (Å²) < 4.78 is 0. The van der Waals surface area contributed by atoms with Gasteiger partial charge in [0.25, 0.3) is 0 Å². The summed E-state index contributed by atoms with van der Waals surface area (Å²) in [5, 5.41) is 7.08. The first-order chi connectivity index (χ1) is 1.73. The quantitative estimate of drug-likeness (QED) is 0.719. The average Bonchev–Trinajstić information content (AvgIpc) is 0.811. The summed E-state index contributed by atoms with van der Waals surface area (Å²) in [6, 6.07) is 0.